The van der Waals surface area contributed by atoms with Crippen LogP contribution in [-0.2, 0) is 16.2 Å². The maximum absolute atomic E-state index is 6.96. The summed E-state index contributed by atoms with van der Waals surface area (Å²) in [6.45, 7) is 4.66. The van der Waals surface area contributed by atoms with Gasteiger partial charge in [0, 0.05) is 33.2 Å². The summed E-state index contributed by atoms with van der Waals surface area (Å²) in [5.74, 6) is 2.43. The van der Waals surface area contributed by atoms with E-state index in [0.29, 0.717) is 5.82 Å². The number of ether oxygens (including phenoxy) is 1. The molecule has 0 atom stereocenters. The Bertz CT molecular complexity index is 3960. The number of hydrogen-bond donors (Lipinski definition) is 0. The zero-order valence-electron chi connectivity index (χ0n) is 39.9. The SMILES string of the molecule is CC1(C)c2ccccc2-c2ccc(-c3cc(-c4ccccc4)nc(-c4ccc(-c5ccc6c(c5)C5(c7ccccc7O6)c6ccccc6C6(c7ccccc7-c7ccccc76)c6ccccc65)cc4)n3)cc21. The Labute approximate surface area is 419 Å². The molecule has 338 valence electrons. The van der Waals surface area contributed by atoms with Crippen molar-refractivity contribution in [2.45, 2.75) is 30.1 Å². The topological polar surface area (TPSA) is 35.0 Å². The van der Waals surface area contributed by atoms with Crippen molar-refractivity contribution in [2.24, 2.45) is 0 Å². The monoisotopic (exact) mass is 918 g/mol. The molecule has 11 aromatic rings. The lowest BCUT2D eigenvalue weighted by Gasteiger charge is -2.51. The second kappa shape index (κ2) is 15.0. The largest absolute Gasteiger partial charge is 0.457 e. The van der Waals surface area contributed by atoms with Gasteiger partial charge in [0.2, 0.25) is 0 Å². The van der Waals surface area contributed by atoms with Crippen molar-refractivity contribution in [2.75, 3.05) is 0 Å². The van der Waals surface area contributed by atoms with Crippen LogP contribution in [-0.4, -0.2) is 9.97 Å². The number of hydrogen-bond acceptors (Lipinski definition) is 3. The molecule has 2 spiro atoms. The summed E-state index contributed by atoms with van der Waals surface area (Å²) in [4.78, 5) is 10.6. The fraction of sp³-hybridized carbons (Fsp3) is 0.0725. The summed E-state index contributed by atoms with van der Waals surface area (Å²) in [6, 6.07) is 89.0. The molecule has 10 aromatic carbocycles. The number of fused-ring (bicyclic) bond motifs is 18. The first-order chi connectivity index (χ1) is 35.4. The first-order valence-electron chi connectivity index (χ1n) is 25.1. The molecule has 3 heteroatoms. The van der Waals surface area contributed by atoms with Gasteiger partial charge in [-0.15, -0.1) is 0 Å². The number of para-hydroxylation sites is 1. The molecule has 0 radical (unpaired) electrons. The van der Waals surface area contributed by atoms with Crippen LogP contribution >= 0.6 is 0 Å². The summed E-state index contributed by atoms with van der Waals surface area (Å²) >= 11 is 0. The predicted octanol–water partition coefficient (Wildman–Crippen LogP) is 16.6. The lowest BCUT2D eigenvalue weighted by Crippen LogP contribution is -2.45. The van der Waals surface area contributed by atoms with Gasteiger partial charge in [-0.1, -0.05) is 226 Å². The second-order valence-corrected chi connectivity index (χ2v) is 20.3. The summed E-state index contributed by atoms with van der Waals surface area (Å²) in [5, 5.41) is 0. The molecular formula is C69H46N2O. The number of rotatable bonds is 4. The lowest BCUT2D eigenvalue weighted by molar-refractivity contribution is 0.429. The molecule has 0 fully saturated rings. The fourth-order valence-electron chi connectivity index (χ4n) is 13.3. The smallest absolute Gasteiger partial charge is 0.160 e. The third-order valence-corrected chi connectivity index (χ3v) is 16.5. The molecular weight excluding hydrogens is 873 g/mol. The Morgan fingerprint density at radius 3 is 1.32 bits per heavy atom. The van der Waals surface area contributed by atoms with Gasteiger partial charge in [-0.3, -0.25) is 0 Å². The van der Waals surface area contributed by atoms with Crippen LogP contribution in [0.5, 0.6) is 11.5 Å². The molecule has 0 unspecified atom stereocenters. The Balaban J connectivity index is 0.884. The summed E-state index contributed by atoms with van der Waals surface area (Å²) in [7, 11) is 0. The molecule has 0 bridgehead atoms. The minimum absolute atomic E-state index is 0.123. The first-order valence-corrected chi connectivity index (χ1v) is 25.1. The van der Waals surface area contributed by atoms with E-state index in [4.69, 9.17) is 14.7 Å². The van der Waals surface area contributed by atoms with Crippen LogP contribution < -0.4 is 4.74 Å². The molecule has 2 heterocycles. The summed E-state index contributed by atoms with van der Waals surface area (Å²) < 4.78 is 6.96. The maximum Gasteiger partial charge on any atom is 0.160 e. The van der Waals surface area contributed by atoms with Crippen molar-refractivity contribution in [3.8, 4) is 78.8 Å². The highest BCUT2D eigenvalue weighted by Gasteiger charge is 2.58. The van der Waals surface area contributed by atoms with Crippen LogP contribution in [0.4, 0.5) is 0 Å². The molecule has 4 aliphatic rings. The summed E-state index contributed by atoms with van der Waals surface area (Å²) in [5.41, 5.74) is 23.7. The van der Waals surface area contributed by atoms with Crippen LogP contribution in [0.25, 0.3) is 67.3 Å². The third kappa shape index (κ3) is 5.45. The molecule has 3 aliphatic carbocycles. The van der Waals surface area contributed by atoms with Gasteiger partial charge in [0.1, 0.15) is 11.5 Å². The average molecular weight is 919 g/mol. The maximum atomic E-state index is 6.96. The van der Waals surface area contributed by atoms with E-state index in [1.54, 1.807) is 0 Å². The van der Waals surface area contributed by atoms with E-state index in [1.165, 1.54) is 66.8 Å². The zero-order valence-corrected chi connectivity index (χ0v) is 39.9. The standard InChI is InChI=1S/C69H46N2O/c1-67(2)52-23-9-6-20-48(52)51-38-36-47(41-60(51)67)63-42-62(44-18-4-3-5-19-44)70-66(71-63)45-34-32-43(33-35-45)46-37-39-65-61(40-46)69(59-30-16-17-31-64(59)72-65)57-28-14-12-26-55(57)68(56-27-13-15-29-58(56)69)53-24-10-7-21-49(53)50-22-8-11-25-54(50)68/h3-42H,1-2H3. The van der Waals surface area contributed by atoms with E-state index in [9.17, 15) is 0 Å². The molecule has 0 N–H and O–H groups in total. The van der Waals surface area contributed by atoms with E-state index in [2.05, 4.69) is 257 Å². The van der Waals surface area contributed by atoms with Gasteiger partial charge < -0.3 is 4.74 Å². The minimum atomic E-state index is -0.692. The second-order valence-electron chi connectivity index (χ2n) is 20.3. The Hall–Kier alpha value is -8.92. The number of benzene rings is 10. The van der Waals surface area contributed by atoms with Crippen LogP contribution in [0.1, 0.15) is 69.5 Å². The van der Waals surface area contributed by atoms with Crippen molar-refractivity contribution < 1.29 is 4.74 Å². The highest BCUT2D eigenvalue weighted by molar-refractivity contribution is 5.91. The van der Waals surface area contributed by atoms with E-state index in [1.807, 2.05) is 0 Å². The van der Waals surface area contributed by atoms with E-state index in [-0.39, 0.29) is 5.41 Å². The van der Waals surface area contributed by atoms with Crippen molar-refractivity contribution in [3.05, 3.63) is 298 Å². The van der Waals surface area contributed by atoms with E-state index < -0.39 is 10.8 Å². The third-order valence-electron chi connectivity index (χ3n) is 16.5. The molecule has 1 aliphatic heterocycles. The highest BCUT2D eigenvalue weighted by Crippen LogP contribution is 2.67. The molecule has 1 aromatic heterocycles. The van der Waals surface area contributed by atoms with Crippen molar-refractivity contribution in [1.82, 2.24) is 9.97 Å². The van der Waals surface area contributed by atoms with E-state index in [0.717, 1.165) is 61.8 Å². The number of aromatic nitrogens is 2. The molecule has 72 heavy (non-hydrogen) atoms. The fourth-order valence-corrected chi connectivity index (χ4v) is 13.3. The normalized spacial score (nSPS) is 15.0. The lowest BCUT2D eigenvalue weighted by atomic mass is 9.51. The van der Waals surface area contributed by atoms with Gasteiger partial charge in [-0.05, 0) is 108 Å². The van der Waals surface area contributed by atoms with Gasteiger partial charge in [0.05, 0.1) is 22.2 Å². The first kappa shape index (κ1) is 40.9. The van der Waals surface area contributed by atoms with Gasteiger partial charge >= 0.3 is 0 Å². The molecule has 0 saturated carbocycles. The van der Waals surface area contributed by atoms with Crippen LogP contribution in [0.3, 0.4) is 0 Å². The van der Waals surface area contributed by atoms with Gasteiger partial charge in [0.25, 0.3) is 0 Å². The van der Waals surface area contributed by atoms with Crippen molar-refractivity contribution in [1.29, 1.82) is 0 Å². The predicted molar refractivity (Wildman–Crippen MR) is 291 cm³/mol. The average Bonchev–Trinajstić information content (AvgIpc) is 3.87. The number of nitrogens with zero attached hydrogens (tertiary/aromatic N) is 2. The Morgan fingerprint density at radius 1 is 0.278 bits per heavy atom. The molecule has 0 amide bonds. The van der Waals surface area contributed by atoms with Gasteiger partial charge in [0.15, 0.2) is 5.82 Å². The van der Waals surface area contributed by atoms with Crippen LogP contribution in [0.15, 0.2) is 243 Å². The molecule has 3 nitrogen and oxygen atoms in total. The van der Waals surface area contributed by atoms with Gasteiger partial charge in [-0.25, -0.2) is 9.97 Å². The Morgan fingerprint density at radius 2 is 0.694 bits per heavy atom. The van der Waals surface area contributed by atoms with Crippen molar-refractivity contribution >= 4 is 0 Å². The summed E-state index contributed by atoms with van der Waals surface area (Å²) in [6.07, 6.45) is 0. The molecule has 0 saturated heterocycles. The Kier molecular flexibility index (Phi) is 8.55. The minimum Gasteiger partial charge on any atom is -0.457 e. The van der Waals surface area contributed by atoms with Crippen LogP contribution in [0.2, 0.25) is 0 Å². The molecule has 15 rings (SSSR count). The zero-order chi connectivity index (χ0) is 47.8. The van der Waals surface area contributed by atoms with Crippen molar-refractivity contribution in [3.63, 3.8) is 0 Å². The quantitative estimate of drug-likeness (QED) is 0.176. The van der Waals surface area contributed by atoms with E-state index >= 15 is 0 Å². The van der Waals surface area contributed by atoms with Crippen LogP contribution in [0, 0.1) is 0 Å². The highest BCUT2D eigenvalue weighted by atomic mass is 16.5. The van der Waals surface area contributed by atoms with Gasteiger partial charge in [-0.2, -0.15) is 0 Å².